The Labute approximate surface area is 61.6 Å². The van der Waals surface area contributed by atoms with E-state index >= 15 is 0 Å². The summed E-state index contributed by atoms with van der Waals surface area (Å²) in [5.41, 5.74) is 2.22. The lowest BCUT2D eigenvalue weighted by atomic mass is 10.4. The zero-order chi connectivity index (χ0) is 7.56. The van der Waals surface area contributed by atoms with Gasteiger partial charge in [-0.25, -0.2) is 9.78 Å². The predicted molar refractivity (Wildman–Crippen MR) is 36.5 cm³/mol. The van der Waals surface area contributed by atoms with E-state index in [4.69, 9.17) is 0 Å². The van der Waals surface area contributed by atoms with Gasteiger partial charge in [0, 0.05) is 0 Å². The van der Waals surface area contributed by atoms with Crippen molar-refractivity contribution in [3.05, 3.63) is 16.1 Å². The van der Waals surface area contributed by atoms with Crippen LogP contribution in [-0.2, 0) is 4.84 Å². The third-order valence-electron chi connectivity index (χ3n) is 1.04. The van der Waals surface area contributed by atoms with E-state index in [2.05, 4.69) is 15.7 Å². The molecule has 10 heavy (non-hydrogen) atoms. The van der Waals surface area contributed by atoms with Crippen molar-refractivity contribution in [2.24, 2.45) is 5.90 Å². The van der Waals surface area contributed by atoms with Crippen LogP contribution >= 0.6 is 11.3 Å². The minimum absolute atomic E-state index is 0.461. The number of aromatic nitrogens is 1. The first-order valence-electron chi connectivity index (χ1n) is 2.57. The van der Waals surface area contributed by atoms with Crippen LogP contribution in [0.5, 0.6) is 0 Å². The zero-order valence-electron chi connectivity index (χ0n) is 5.33. The van der Waals surface area contributed by atoms with Crippen LogP contribution in [0.2, 0.25) is 0 Å². The molecule has 0 spiro atoms. The highest BCUT2D eigenvalue weighted by atomic mass is 32.1. The predicted octanol–water partition coefficient (Wildman–Crippen LogP) is 0.482. The lowest BCUT2D eigenvalue weighted by Crippen LogP contribution is -2.09. The summed E-state index contributed by atoms with van der Waals surface area (Å²) in [5, 5.41) is 0. The number of nitrogens with zero attached hydrogens (tertiary/aromatic N) is 1. The van der Waals surface area contributed by atoms with Crippen molar-refractivity contribution < 1.29 is 9.63 Å². The fraction of sp³-hybridized carbons (Fsp3) is 0.200. The topological polar surface area (TPSA) is 65.2 Å². The summed E-state index contributed by atoms with van der Waals surface area (Å²) >= 11 is 1.22. The first kappa shape index (κ1) is 7.17. The van der Waals surface area contributed by atoms with Gasteiger partial charge in [0.2, 0.25) is 0 Å². The molecule has 5 heteroatoms. The molecule has 1 aromatic heterocycles. The molecule has 1 rings (SSSR count). The molecule has 0 radical (unpaired) electrons. The maximum absolute atomic E-state index is 10.7. The number of hydrogen-bond acceptors (Lipinski definition) is 5. The monoisotopic (exact) mass is 158 g/mol. The molecule has 54 valence electrons. The first-order valence-corrected chi connectivity index (χ1v) is 3.45. The SMILES string of the molecule is Cc1ncsc1C(=O)ON. The normalized spacial score (nSPS) is 9.40. The Morgan fingerprint density at radius 3 is 3.00 bits per heavy atom. The van der Waals surface area contributed by atoms with Gasteiger partial charge < -0.3 is 4.84 Å². The van der Waals surface area contributed by atoms with Crippen molar-refractivity contribution in [1.29, 1.82) is 0 Å². The van der Waals surface area contributed by atoms with E-state index in [0.717, 1.165) is 0 Å². The molecule has 0 bridgehead atoms. The second-order valence-electron chi connectivity index (χ2n) is 1.67. The summed E-state index contributed by atoms with van der Waals surface area (Å²) in [7, 11) is 0. The first-order chi connectivity index (χ1) is 4.75. The molecule has 4 nitrogen and oxygen atoms in total. The molecule has 0 aliphatic rings. The fourth-order valence-electron chi connectivity index (χ4n) is 0.551. The summed E-state index contributed by atoms with van der Waals surface area (Å²) in [4.78, 5) is 19.0. The quantitative estimate of drug-likeness (QED) is 0.604. The number of rotatable bonds is 1. The Balaban J connectivity index is 2.93. The van der Waals surface area contributed by atoms with Gasteiger partial charge >= 0.3 is 5.97 Å². The average molecular weight is 158 g/mol. The highest BCUT2D eigenvalue weighted by Crippen LogP contribution is 2.11. The van der Waals surface area contributed by atoms with Crippen LogP contribution in [0.4, 0.5) is 0 Å². The van der Waals surface area contributed by atoms with Gasteiger partial charge in [0.25, 0.3) is 0 Å². The maximum Gasteiger partial charge on any atom is 0.368 e. The smallest absolute Gasteiger partial charge is 0.368 e. The van der Waals surface area contributed by atoms with Crippen molar-refractivity contribution in [3.63, 3.8) is 0 Å². The second kappa shape index (κ2) is 2.76. The number of hydrogen-bond donors (Lipinski definition) is 1. The van der Waals surface area contributed by atoms with Crippen molar-refractivity contribution in [1.82, 2.24) is 4.98 Å². The molecule has 1 aromatic rings. The molecule has 0 amide bonds. The Bertz CT molecular complexity index is 246. The van der Waals surface area contributed by atoms with Gasteiger partial charge in [-0.2, -0.15) is 5.90 Å². The average Bonchev–Trinajstić information content (AvgIpc) is 2.34. The maximum atomic E-state index is 10.7. The lowest BCUT2D eigenvalue weighted by Gasteiger charge is -1.91. The Hall–Kier alpha value is -0.940. The van der Waals surface area contributed by atoms with Gasteiger partial charge in [-0.3, -0.25) is 0 Å². The van der Waals surface area contributed by atoms with Gasteiger partial charge in [-0.05, 0) is 6.92 Å². The van der Waals surface area contributed by atoms with Crippen LogP contribution in [-0.4, -0.2) is 11.0 Å². The number of nitrogens with two attached hydrogens (primary N) is 1. The molecule has 0 saturated heterocycles. The van der Waals surface area contributed by atoms with Crippen molar-refractivity contribution in [2.45, 2.75) is 6.92 Å². The summed E-state index contributed by atoms with van der Waals surface area (Å²) < 4.78 is 0. The summed E-state index contributed by atoms with van der Waals surface area (Å²) in [5.74, 6) is 4.13. The van der Waals surface area contributed by atoms with Crippen LogP contribution in [0.1, 0.15) is 15.4 Å². The van der Waals surface area contributed by atoms with Crippen LogP contribution < -0.4 is 5.90 Å². The zero-order valence-corrected chi connectivity index (χ0v) is 6.14. The van der Waals surface area contributed by atoms with Crippen LogP contribution in [0, 0.1) is 6.92 Å². The minimum Gasteiger partial charge on any atom is -0.369 e. The van der Waals surface area contributed by atoms with E-state index in [1.165, 1.54) is 11.3 Å². The number of carbonyl (C=O) groups is 1. The molecule has 0 saturated carbocycles. The van der Waals surface area contributed by atoms with E-state index in [1.54, 1.807) is 12.4 Å². The third-order valence-corrected chi connectivity index (χ3v) is 1.95. The molecule has 0 aliphatic carbocycles. The number of carbonyl (C=O) groups excluding carboxylic acids is 1. The standard InChI is InChI=1S/C5H6N2O2S/c1-3-4(5(8)9-6)10-2-7-3/h2H,6H2,1H3. The van der Waals surface area contributed by atoms with Crippen molar-refractivity contribution in [2.75, 3.05) is 0 Å². The summed E-state index contributed by atoms with van der Waals surface area (Å²) in [6.45, 7) is 1.72. The number of aryl methyl sites for hydroxylation is 1. The van der Waals surface area contributed by atoms with Gasteiger partial charge in [0.15, 0.2) is 0 Å². The van der Waals surface area contributed by atoms with Crippen LogP contribution in [0.3, 0.4) is 0 Å². The van der Waals surface area contributed by atoms with Crippen molar-refractivity contribution >= 4 is 17.3 Å². The molecular formula is C5H6N2O2S. The Kier molecular flexibility index (Phi) is 1.98. The second-order valence-corrected chi connectivity index (χ2v) is 2.53. The van der Waals surface area contributed by atoms with Gasteiger partial charge in [-0.1, -0.05) is 0 Å². The van der Waals surface area contributed by atoms with Gasteiger partial charge in [-0.15, -0.1) is 11.3 Å². The number of thiazole rings is 1. The minimum atomic E-state index is -0.528. The largest absolute Gasteiger partial charge is 0.369 e. The summed E-state index contributed by atoms with van der Waals surface area (Å²) in [6, 6.07) is 0. The third kappa shape index (κ3) is 1.14. The highest BCUT2D eigenvalue weighted by Gasteiger charge is 2.11. The molecule has 0 aromatic carbocycles. The van der Waals surface area contributed by atoms with Crippen molar-refractivity contribution in [3.8, 4) is 0 Å². The van der Waals surface area contributed by atoms with Crippen LogP contribution in [0.15, 0.2) is 5.51 Å². The molecule has 0 fully saturated rings. The molecule has 1 heterocycles. The Morgan fingerprint density at radius 2 is 2.60 bits per heavy atom. The van der Waals surface area contributed by atoms with E-state index in [0.29, 0.717) is 10.6 Å². The molecule has 0 atom stereocenters. The molecule has 0 unspecified atom stereocenters. The lowest BCUT2D eigenvalue weighted by molar-refractivity contribution is 0.0508. The molecule has 0 aliphatic heterocycles. The fourth-order valence-corrected chi connectivity index (χ4v) is 1.24. The van der Waals surface area contributed by atoms with E-state index in [-0.39, 0.29) is 0 Å². The van der Waals surface area contributed by atoms with E-state index in [1.807, 2.05) is 0 Å². The Morgan fingerprint density at radius 1 is 1.90 bits per heavy atom. The molecular weight excluding hydrogens is 152 g/mol. The van der Waals surface area contributed by atoms with Gasteiger partial charge in [0.1, 0.15) is 4.88 Å². The molecule has 2 N–H and O–H groups in total. The van der Waals surface area contributed by atoms with Crippen LogP contribution in [0.25, 0.3) is 0 Å². The van der Waals surface area contributed by atoms with E-state index in [9.17, 15) is 4.79 Å². The van der Waals surface area contributed by atoms with E-state index < -0.39 is 5.97 Å². The summed E-state index contributed by atoms with van der Waals surface area (Å²) in [6.07, 6.45) is 0. The van der Waals surface area contributed by atoms with Gasteiger partial charge in [0.05, 0.1) is 11.2 Å². The highest BCUT2D eigenvalue weighted by molar-refractivity contribution is 7.11.